The number of rotatable bonds is 3. The largest absolute Gasteiger partial charge is 0.330 e. The van der Waals surface area contributed by atoms with E-state index in [2.05, 4.69) is 29.0 Å². The minimum Gasteiger partial charge on any atom is -0.330 e. The van der Waals surface area contributed by atoms with E-state index in [4.69, 9.17) is 0 Å². The molecule has 0 aliphatic carbocycles. The molecule has 1 N–H and O–H groups in total. The van der Waals surface area contributed by atoms with Crippen molar-refractivity contribution in [3.05, 3.63) is 29.8 Å². The van der Waals surface area contributed by atoms with E-state index in [9.17, 15) is 9.59 Å². The second-order valence-electron chi connectivity index (χ2n) is 6.90. The van der Waals surface area contributed by atoms with E-state index in [1.807, 2.05) is 12.1 Å². The summed E-state index contributed by atoms with van der Waals surface area (Å²) in [6.45, 7) is 7.87. The van der Waals surface area contributed by atoms with Gasteiger partial charge >= 0.3 is 0 Å². The molecule has 2 bridgehead atoms. The lowest BCUT2D eigenvalue weighted by Gasteiger charge is -2.42. The van der Waals surface area contributed by atoms with Crippen LogP contribution in [0.1, 0.15) is 44.0 Å². The van der Waals surface area contributed by atoms with Gasteiger partial charge in [0, 0.05) is 49.4 Å². The summed E-state index contributed by atoms with van der Waals surface area (Å²) in [5.74, 6) is 0.0159. The Hall–Kier alpha value is -1.88. The predicted octanol–water partition coefficient (Wildman–Crippen LogP) is 2.34. The van der Waals surface area contributed by atoms with Crippen LogP contribution < -0.4 is 5.32 Å². The van der Waals surface area contributed by atoms with Crippen LogP contribution >= 0.6 is 0 Å². The van der Waals surface area contributed by atoms with Crippen LogP contribution in [0.25, 0.3) is 0 Å². The zero-order valence-electron chi connectivity index (χ0n) is 14.1. The maximum Gasteiger partial charge on any atom is 0.254 e. The summed E-state index contributed by atoms with van der Waals surface area (Å²) in [6, 6.07) is 8.40. The number of hydrogen-bond acceptors (Lipinski definition) is 3. The first-order chi connectivity index (χ1) is 11.0. The third kappa shape index (κ3) is 3.24. The molecule has 124 valence electrons. The molecule has 1 aromatic carbocycles. The minimum atomic E-state index is -0.105. The van der Waals surface area contributed by atoms with Gasteiger partial charge in [0.2, 0.25) is 5.91 Å². The molecule has 5 heteroatoms. The number of nitrogens with one attached hydrogen (secondary N) is 1. The van der Waals surface area contributed by atoms with Crippen LogP contribution in [-0.2, 0) is 4.79 Å². The molecular weight excluding hydrogens is 290 g/mol. The number of nitrogens with zero attached hydrogens (tertiary/aromatic N) is 2. The molecule has 2 saturated heterocycles. The molecular formula is C18H25N3O2. The topological polar surface area (TPSA) is 52.7 Å². The Morgan fingerprint density at radius 3 is 2.13 bits per heavy atom. The fourth-order valence-corrected chi connectivity index (χ4v) is 3.74. The summed E-state index contributed by atoms with van der Waals surface area (Å²) in [5.41, 5.74) is 1.43. The molecule has 2 aliphatic rings. The van der Waals surface area contributed by atoms with Gasteiger partial charge in [-0.1, -0.05) is 0 Å². The van der Waals surface area contributed by atoms with Crippen molar-refractivity contribution in [1.82, 2.24) is 9.80 Å². The molecule has 0 saturated carbocycles. The molecule has 2 atom stereocenters. The number of benzene rings is 1. The Bertz CT molecular complexity index is 583. The van der Waals surface area contributed by atoms with Gasteiger partial charge in [-0.2, -0.15) is 0 Å². The third-order valence-corrected chi connectivity index (χ3v) is 4.93. The van der Waals surface area contributed by atoms with E-state index < -0.39 is 0 Å². The molecule has 2 unspecified atom stereocenters. The first-order valence-corrected chi connectivity index (χ1v) is 8.40. The van der Waals surface area contributed by atoms with Crippen molar-refractivity contribution < 1.29 is 9.59 Å². The number of likely N-dealkylation sites (tertiary alicyclic amines) is 1. The summed E-state index contributed by atoms with van der Waals surface area (Å²) in [4.78, 5) is 28.5. The van der Waals surface area contributed by atoms with Crippen LogP contribution in [0.2, 0.25) is 0 Å². The van der Waals surface area contributed by atoms with E-state index in [-0.39, 0.29) is 11.8 Å². The highest BCUT2D eigenvalue weighted by Gasteiger charge is 2.43. The molecule has 2 amide bonds. The van der Waals surface area contributed by atoms with Gasteiger partial charge < -0.3 is 10.2 Å². The maximum atomic E-state index is 12.9. The molecule has 1 aromatic rings. The standard InChI is InChI=1S/C18H25N3O2/c1-12(2)20-10-16-8-9-17(11-20)21(16)18(23)14-4-6-15(7-5-14)19-13(3)22/h4-7,12,16-17H,8-11H2,1-3H3,(H,19,22). The minimum absolute atomic E-state index is 0.105. The fourth-order valence-electron chi connectivity index (χ4n) is 3.74. The number of amides is 2. The Morgan fingerprint density at radius 2 is 1.65 bits per heavy atom. The Morgan fingerprint density at radius 1 is 1.09 bits per heavy atom. The summed E-state index contributed by atoms with van der Waals surface area (Å²) < 4.78 is 0. The van der Waals surface area contributed by atoms with Gasteiger partial charge in [0.05, 0.1) is 0 Å². The van der Waals surface area contributed by atoms with Crippen LogP contribution in [0.4, 0.5) is 5.69 Å². The van der Waals surface area contributed by atoms with E-state index in [0.717, 1.165) is 31.6 Å². The van der Waals surface area contributed by atoms with E-state index in [0.29, 0.717) is 23.7 Å². The van der Waals surface area contributed by atoms with Gasteiger partial charge in [-0.15, -0.1) is 0 Å². The lowest BCUT2D eigenvalue weighted by molar-refractivity contribution is -0.114. The number of piperazine rings is 1. The Labute approximate surface area is 137 Å². The molecule has 2 fully saturated rings. The zero-order valence-corrected chi connectivity index (χ0v) is 14.1. The number of carbonyl (C=O) groups is 2. The van der Waals surface area contributed by atoms with Crippen LogP contribution in [0.15, 0.2) is 24.3 Å². The van der Waals surface area contributed by atoms with Gasteiger partial charge in [-0.3, -0.25) is 14.5 Å². The van der Waals surface area contributed by atoms with Crippen molar-refractivity contribution in [2.45, 2.75) is 51.7 Å². The van der Waals surface area contributed by atoms with Crippen molar-refractivity contribution in [2.75, 3.05) is 18.4 Å². The molecule has 23 heavy (non-hydrogen) atoms. The van der Waals surface area contributed by atoms with Gasteiger partial charge in [-0.25, -0.2) is 0 Å². The number of anilines is 1. The Balaban J connectivity index is 1.72. The second-order valence-corrected chi connectivity index (χ2v) is 6.90. The third-order valence-electron chi connectivity index (χ3n) is 4.93. The van der Waals surface area contributed by atoms with Gasteiger partial charge in [-0.05, 0) is 51.0 Å². The van der Waals surface area contributed by atoms with Crippen molar-refractivity contribution in [1.29, 1.82) is 0 Å². The Kier molecular flexibility index (Phi) is 4.39. The normalized spacial score (nSPS) is 24.1. The van der Waals surface area contributed by atoms with Crippen LogP contribution in [-0.4, -0.2) is 52.8 Å². The molecule has 2 heterocycles. The van der Waals surface area contributed by atoms with Gasteiger partial charge in [0.15, 0.2) is 0 Å². The fraction of sp³-hybridized carbons (Fsp3) is 0.556. The number of fused-ring (bicyclic) bond motifs is 2. The first-order valence-electron chi connectivity index (χ1n) is 8.40. The highest BCUT2D eigenvalue weighted by molar-refractivity contribution is 5.96. The van der Waals surface area contributed by atoms with Crippen LogP contribution in [0.5, 0.6) is 0 Å². The highest BCUT2D eigenvalue weighted by Crippen LogP contribution is 2.32. The molecule has 0 radical (unpaired) electrons. The van der Waals surface area contributed by atoms with E-state index >= 15 is 0 Å². The SMILES string of the molecule is CC(=O)Nc1ccc(C(=O)N2C3CCC2CN(C(C)C)C3)cc1. The van der Waals surface area contributed by atoms with Gasteiger partial charge in [0.25, 0.3) is 5.91 Å². The summed E-state index contributed by atoms with van der Waals surface area (Å²) in [7, 11) is 0. The average molecular weight is 315 g/mol. The molecule has 2 aliphatic heterocycles. The molecule has 3 rings (SSSR count). The summed E-state index contributed by atoms with van der Waals surface area (Å²) in [5, 5.41) is 2.73. The quantitative estimate of drug-likeness (QED) is 0.931. The monoisotopic (exact) mass is 315 g/mol. The maximum absolute atomic E-state index is 12.9. The number of hydrogen-bond donors (Lipinski definition) is 1. The van der Waals surface area contributed by atoms with Crippen LogP contribution in [0.3, 0.4) is 0 Å². The lowest BCUT2D eigenvalue weighted by atomic mass is 10.1. The van der Waals surface area contributed by atoms with Crippen LogP contribution in [0, 0.1) is 0 Å². The lowest BCUT2D eigenvalue weighted by Crippen LogP contribution is -2.57. The first kappa shape index (κ1) is 16.0. The smallest absolute Gasteiger partial charge is 0.254 e. The van der Waals surface area contributed by atoms with Crippen molar-refractivity contribution in [2.24, 2.45) is 0 Å². The zero-order chi connectivity index (χ0) is 16.6. The van der Waals surface area contributed by atoms with E-state index in [1.165, 1.54) is 6.92 Å². The van der Waals surface area contributed by atoms with Crippen molar-refractivity contribution >= 4 is 17.5 Å². The second kappa shape index (κ2) is 6.32. The number of carbonyl (C=O) groups excluding carboxylic acids is 2. The summed E-state index contributed by atoms with van der Waals surface area (Å²) >= 11 is 0. The molecule has 5 nitrogen and oxygen atoms in total. The van der Waals surface area contributed by atoms with Crippen molar-refractivity contribution in [3.8, 4) is 0 Å². The predicted molar refractivity (Wildman–Crippen MR) is 90.4 cm³/mol. The van der Waals surface area contributed by atoms with Gasteiger partial charge in [0.1, 0.15) is 0 Å². The van der Waals surface area contributed by atoms with E-state index in [1.54, 1.807) is 12.1 Å². The molecule has 0 spiro atoms. The summed E-state index contributed by atoms with van der Waals surface area (Å²) in [6.07, 6.45) is 2.20. The highest BCUT2D eigenvalue weighted by atomic mass is 16.2. The van der Waals surface area contributed by atoms with Crippen molar-refractivity contribution in [3.63, 3.8) is 0 Å². The molecule has 0 aromatic heterocycles. The average Bonchev–Trinajstić information content (AvgIpc) is 2.76.